The van der Waals surface area contributed by atoms with Crippen molar-refractivity contribution < 1.29 is 13.2 Å². The molecular formula is C17H24ClNO3S. The van der Waals surface area contributed by atoms with E-state index in [1.54, 1.807) is 16.4 Å². The number of halogens is 1. The predicted octanol–water partition coefficient (Wildman–Crippen LogP) is 3.94. The first-order chi connectivity index (χ1) is 10.6. The highest BCUT2D eigenvalue weighted by molar-refractivity contribution is 7.89. The molecule has 0 N–H and O–H groups in total. The van der Waals surface area contributed by atoms with Gasteiger partial charge in [-0.3, -0.25) is 0 Å². The fraction of sp³-hybridized carbons (Fsp3) is 0.647. The second-order valence-corrected chi connectivity index (χ2v) is 10.4. The minimum atomic E-state index is -3.62. The van der Waals surface area contributed by atoms with E-state index in [9.17, 15) is 8.42 Å². The lowest BCUT2D eigenvalue weighted by Crippen LogP contribution is -2.37. The molecule has 1 aliphatic carbocycles. The number of hydrogen-bond acceptors (Lipinski definition) is 3. The summed E-state index contributed by atoms with van der Waals surface area (Å²) in [6.45, 7) is 7.23. The highest BCUT2D eigenvalue weighted by Crippen LogP contribution is 2.54. The average Bonchev–Trinajstić information content (AvgIpc) is 2.68. The van der Waals surface area contributed by atoms with Crippen LogP contribution >= 0.6 is 11.6 Å². The maximum Gasteiger partial charge on any atom is 0.247 e. The van der Waals surface area contributed by atoms with Gasteiger partial charge in [0, 0.05) is 17.6 Å². The van der Waals surface area contributed by atoms with Crippen molar-refractivity contribution in [1.29, 1.82) is 0 Å². The average molecular weight is 358 g/mol. The second kappa shape index (κ2) is 5.36. The monoisotopic (exact) mass is 357 g/mol. The third-order valence-electron chi connectivity index (χ3n) is 5.08. The van der Waals surface area contributed by atoms with E-state index >= 15 is 0 Å². The minimum absolute atomic E-state index is 0.0469. The van der Waals surface area contributed by atoms with Crippen LogP contribution in [0, 0.1) is 10.8 Å². The van der Waals surface area contributed by atoms with Crippen LogP contribution in [-0.2, 0) is 10.0 Å². The summed E-state index contributed by atoms with van der Waals surface area (Å²) < 4.78 is 33.4. The standard InChI is InChI=1S/C17H24ClNO3S/c1-16(2)8-13-9-17(3,10-16)11-19(13)23(20,21)15-7-12(18)5-6-14(15)22-4/h5-7,13H,8-11H2,1-4H3. The SMILES string of the molecule is COc1ccc(Cl)cc1S(=O)(=O)N1CC2(C)CC1CC(C)(C)C2. The van der Waals surface area contributed by atoms with Crippen LogP contribution in [0.25, 0.3) is 0 Å². The Hall–Kier alpha value is -0.780. The molecule has 0 aromatic heterocycles. The van der Waals surface area contributed by atoms with Gasteiger partial charge in [0.15, 0.2) is 0 Å². The zero-order chi connectivity index (χ0) is 17.0. The van der Waals surface area contributed by atoms with E-state index in [4.69, 9.17) is 16.3 Å². The highest BCUT2D eigenvalue weighted by atomic mass is 35.5. The Morgan fingerprint density at radius 3 is 2.61 bits per heavy atom. The van der Waals surface area contributed by atoms with Crippen LogP contribution < -0.4 is 4.74 Å². The molecule has 2 unspecified atom stereocenters. The fourth-order valence-electron chi connectivity index (χ4n) is 4.67. The molecule has 128 valence electrons. The van der Waals surface area contributed by atoms with Gasteiger partial charge in [-0.05, 0) is 48.3 Å². The first-order valence-corrected chi connectivity index (χ1v) is 9.74. The van der Waals surface area contributed by atoms with Crippen LogP contribution in [0.4, 0.5) is 0 Å². The lowest BCUT2D eigenvalue weighted by Gasteiger charge is -2.39. The van der Waals surface area contributed by atoms with Crippen molar-refractivity contribution in [1.82, 2.24) is 4.31 Å². The third-order valence-corrected chi connectivity index (χ3v) is 7.23. The molecule has 1 aromatic carbocycles. The van der Waals surface area contributed by atoms with Crippen molar-refractivity contribution in [2.45, 2.75) is 51.0 Å². The van der Waals surface area contributed by atoms with Crippen molar-refractivity contribution in [2.75, 3.05) is 13.7 Å². The largest absolute Gasteiger partial charge is 0.495 e. The molecule has 0 radical (unpaired) electrons. The fourth-order valence-corrected chi connectivity index (χ4v) is 6.86. The summed E-state index contributed by atoms with van der Waals surface area (Å²) in [5, 5.41) is 0.401. The maximum absolute atomic E-state index is 13.2. The van der Waals surface area contributed by atoms with Gasteiger partial charge in [-0.25, -0.2) is 8.42 Å². The molecule has 2 aliphatic rings. The van der Waals surface area contributed by atoms with Gasteiger partial charge in [0.05, 0.1) is 7.11 Å². The van der Waals surface area contributed by atoms with Crippen LogP contribution in [0.3, 0.4) is 0 Å². The molecule has 1 aromatic rings. The van der Waals surface area contributed by atoms with Crippen LogP contribution in [0.1, 0.15) is 40.0 Å². The highest BCUT2D eigenvalue weighted by Gasteiger charge is 2.53. The number of methoxy groups -OCH3 is 1. The van der Waals surface area contributed by atoms with Gasteiger partial charge >= 0.3 is 0 Å². The number of ether oxygens (including phenoxy) is 1. The molecule has 1 aliphatic heterocycles. The summed E-state index contributed by atoms with van der Waals surface area (Å²) in [6, 6.07) is 4.80. The van der Waals surface area contributed by atoms with Gasteiger partial charge in [0.1, 0.15) is 10.6 Å². The number of nitrogens with zero attached hydrogens (tertiary/aromatic N) is 1. The van der Waals surface area contributed by atoms with E-state index in [2.05, 4.69) is 20.8 Å². The molecule has 1 heterocycles. The molecule has 0 amide bonds. The zero-order valence-electron chi connectivity index (χ0n) is 14.1. The molecule has 23 heavy (non-hydrogen) atoms. The smallest absolute Gasteiger partial charge is 0.247 e. The second-order valence-electron chi connectivity index (χ2n) is 8.06. The van der Waals surface area contributed by atoms with Crippen molar-refractivity contribution in [3.63, 3.8) is 0 Å². The Balaban J connectivity index is 2.03. The molecule has 2 bridgehead atoms. The first-order valence-electron chi connectivity index (χ1n) is 7.92. The summed E-state index contributed by atoms with van der Waals surface area (Å²) in [7, 11) is -2.14. The van der Waals surface area contributed by atoms with Crippen molar-refractivity contribution >= 4 is 21.6 Å². The maximum atomic E-state index is 13.2. The number of fused-ring (bicyclic) bond motifs is 2. The number of hydrogen-bond donors (Lipinski definition) is 0. The van der Waals surface area contributed by atoms with Crippen molar-refractivity contribution in [3.05, 3.63) is 23.2 Å². The Labute approximate surface area is 143 Å². The van der Waals surface area contributed by atoms with E-state index in [1.807, 2.05) is 0 Å². The van der Waals surface area contributed by atoms with Crippen LogP contribution in [0.2, 0.25) is 5.02 Å². The Morgan fingerprint density at radius 1 is 1.26 bits per heavy atom. The zero-order valence-corrected chi connectivity index (χ0v) is 15.7. The summed E-state index contributed by atoms with van der Waals surface area (Å²) in [6.07, 6.45) is 2.87. The Kier molecular flexibility index (Phi) is 3.98. The number of benzene rings is 1. The van der Waals surface area contributed by atoms with E-state index < -0.39 is 10.0 Å². The summed E-state index contributed by atoms with van der Waals surface area (Å²) in [5.74, 6) is 0.347. The quantitative estimate of drug-likeness (QED) is 0.823. The van der Waals surface area contributed by atoms with Crippen molar-refractivity contribution in [3.8, 4) is 5.75 Å². The van der Waals surface area contributed by atoms with Crippen molar-refractivity contribution in [2.24, 2.45) is 10.8 Å². The van der Waals surface area contributed by atoms with E-state index in [1.165, 1.54) is 13.2 Å². The molecule has 3 rings (SSSR count). The Morgan fingerprint density at radius 2 is 1.96 bits per heavy atom. The first kappa shape index (κ1) is 17.1. The molecular weight excluding hydrogens is 334 g/mol. The topological polar surface area (TPSA) is 46.6 Å². The van der Waals surface area contributed by atoms with E-state index in [-0.39, 0.29) is 21.8 Å². The van der Waals surface area contributed by atoms with Crippen LogP contribution in [0.5, 0.6) is 5.75 Å². The summed E-state index contributed by atoms with van der Waals surface area (Å²) in [5.41, 5.74) is 0.214. The molecule has 4 nitrogen and oxygen atoms in total. The van der Waals surface area contributed by atoms with Gasteiger partial charge in [0.2, 0.25) is 10.0 Å². The summed E-state index contributed by atoms with van der Waals surface area (Å²) >= 11 is 6.03. The minimum Gasteiger partial charge on any atom is -0.495 e. The normalized spacial score (nSPS) is 30.4. The van der Waals surface area contributed by atoms with Gasteiger partial charge in [-0.1, -0.05) is 32.4 Å². The molecule has 0 spiro atoms. The van der Waals surface area contributed by atoms with Crippen LogP contribution in [0.15, 0.2) is 23.1 Å². The van der Waals surface area contributed by atoms with Gasteiger partial charge in [-0.2, -0.15) is 4.31 Å². The number of rotatable bonds is 3. The van der Waals surface area contributed by atoms with Crippen LogP contribution in [-0.4, -0.2) is 32.4 Å². The lowest BCUT2D eigenvalue weighted by atomic mass is 9.65. The summed E-state index contributed by atoms with van der Waals surface area (Å²) in [4.78, 5) is 0.168. The lowest BCUT2D eigenvalue weighted by molar-refractivity contribution is 0.133. The van der Waals surface area contributed by atoms with Gasteiger partial charge in [-0.15, -0.1) is 0 Å². The Bertz CT molecular complexity index is 731. The van der Waals surface area contributed by atoms with E-state index in [0.29, 0.717) is 17.3 Å². The molecule has 1 saturated carbocycles. The molecule has 6 heteroatoms. The number of sulfonamides is 1. The molecule has 2 atom stereocenters. The molecule has 2 fully saturated rings. The third kappa shape index (κ3) is 2.99. The molecule has 1 saturated heterocycles. The van der Waals surface area contributed by atoms with Gasteiger partial charge in [0.25, 0.3) is 0 Å². The van der Waals surface area contributed by atoms with Gasteiger partial charge < -0.3 is 4.74 Å². The van der Waals surface area contributed by atoms with E-state index in [0.717, 1.165) is 19.3 Å². The predicted molar refractivity (Wildman–Crippen MR) is 91.4 cm³/mol.